The third-order valence-corrected chi connectivity index (χ3v) is 5.05. The molecule has 0 radical (unpaired) electrons. The summed E-state index contributed by atoms with van der Waals surface area (Å²) in [5.74, 6) is -1.29. The highest BCUT2D eigenvalue weighted by atomic mass is 16.5. The van der Waals surface area contributed by atoms with Crippen molar-refractivity contribution < 1.29 is 28.7 Å². The number of amides is 4. The van der Waals surface area contributed by atoms with E-state index in [1.165, 1.54) is 4.90 Å². The number of benzene rings is 1. The Kier molecular flexibility index (Phi) is 8.14. The van der Waals surface area contributed by atoms with Crippen LogP contribution in [0.4, 0.5) is 5.69 Å². The molecule has 4 amide bonds. The van der Waals surface area contributed by atoms with Crippen molar-refractivity contribution in [2.75, 3.05) is 38.3 Å². The Morgan fingerprint density at radius 2 is 2.00 bits per heavy atom. The summed E-state index contributed by atoms with van der Waals surface area (Å²) in [4.78, 5) is 52.4. The van der Waals surface area contributed by atoms with E-state index < -0.39 is 11.9 Å². The van der Waals surface area contributed by atoms with Gasteiger partial charge in [-0.3, -0.25) is 24.5 Å². The number of ether oxygens (including phenoxy) is 2. The van der Waals surface area contributed by atoms with Crippen molar-refractivity contribution in [3.05, 3.63) is 39.8 Å². The van der Waals surface area contributed by atoms with Crippen molar-refractivity contribution in [3.63, 3.8) is 0 Å². The van der Waals surface area contributed by atoms with Gasteiger partial charge in [0.2, 0.25) is 17.7 Å². The molecule has 12 nitrogen and oxygen atoms in total. The van der Waals surface area contributed by atoms with Crippen LogP contribution in [-0.2, 0) is 30.4 Å². The molecule has 1 aromatic carbocycles. The number of rotatable bonds is 11. The van der Waals surface area contributed by atoms with Crippen molar-refractivity contribution in [2.45, 2.75) is 31.8 Å². The Morgan fingerprint density at radius 3 is 2.75 bits per heavy atom. The average molecular weight is 444 g/mol. The number of hydrogen-bond acceptors (Lipinski definition) is 7. The molecule has 0 bridgehead atoms. The van der Waals surface area contributed by atoms with Crippen molar-refractivity contribution in [2.24, 2.45) is 5.11 Å². The second-order valence-corrected chi connectivity index (χ2v) is 7.25. The molecule has 2 aliphatic rings. The van der Waals surface area contributed by atoms with Gasteiger partial charge >= 0.3 is 0 Å². The molecule has 0 saturated carbocycles. The lowest BCUT2D eigenvalue weighted by molar-refractivity contribution is -0.137. The van der Waals surface area contributed by atoms with Crippen LogP contribution in [0.15, 0.2) is 23.3 Å². The fourth-order valence-corrected chi connectivity index (χ4v) is 3.51. The minimum Gasteiger partial charge on any atom is -0.379 e. The van der Waals surface area contributed by atoms with Crippen molar-refractivity contribution in [3.8, 4) is 0 Å². The Balaban J connectivity index is 1.43. The van der Waals surface area contributed by atoms with E-state index in [1.54, 1.807) is 18.2 Å². The first-order valence-electron chi connectivity index (χ1n) is 10.2. The average Bonchev–Trinajstić information content (AvgIpc) is 3.08. The van der Waals surface area contributed by atoms with Gasteiger partial charge in [-0.15, -0.1) is 0 Å². The number of carbonyl (C=O) groups is 4. The number of carbonyl (C=O) groups excluding carboxylic acids is 4. The fraction of sp³-hybridized carbons (Fsp3) is 0.500. The highest BCUT2D eigenvalue weighted by Gasteiger charge is 2.39. The van der Waals surface area contributed by atoms with E-state index in [4.69, 9.17) is 15.0 Å². The van der Waals surface area contributed by atoms with Crippen LogP contribution in [0.25, 0.3) is 10.4 Å². The number of nitrogens with one attached hydrogen (secondary N) is 2. The molecule has 1 atom stereocenters. The molecule has 1 fully saturated rings. The molecule has 1 aromatic rings. The van der Waals surface area contributed by atoms with Gasteiger partial charge in [-0.2, -0.15) is 0 Å². The largest absolute Gasteiger partial charge is 0.379 e. The maximum absolute atomic E-state index is 12.7. The smallest absolute Gasteiger partial charge is 0.255 e. The third-order valence-electron chi connectivity index (χ3n) is 5.05. The van der Waals surface area contributed by atoms with Crippen molar-refractivity contribution in [1.29, 1.82) is 0 Å². The number of imide groups is 1. The van der Waals surface area contributed by atoms with Crippen LogP contribution >= 0.6 is 0 Å². The van der Waals surface area contributed by atoms with E-state index in [1.807, 2.05) is 0 Å². The molecule has 2 aliphatic heterocycles. The summed E-state index contributed by atoms with van der Waals surface area (Å²) in [6.45, 7) is 1.70. The summed E-state index contributed by atoms with van der Waals surface area (Å²) in [5.41, 5.74) is 9.88. The summed E-state index contributed by atoms with van der Waals surface area (Å²) in [5, 5.41) is 8.38. The van der Waals surface area contributed by atoms with E-state index in [-0.39, 0.29) is 50.3 Å². The van der Waals surface area contributed by atoms with Gasteiger partial charge < -0.3 is 19.7 Å². The number of fused-ring (bicyclic) bond motifs is 1. The topological polar surface area (TPSA) is 163 Å². The van der Waals surface area contributed by atoms with Crippen molar-refractivity contribution >= 4 is 29.3 Å². The molecule has 1 unspecified atom stereocenters. The second kappa shape index (κ2) is 11.2. The summed E-state index contributed by atoms with van der Waals surface area (Å²) >= 11 is 0. The zero-order chi connectivity index (χ0) is 22.9. The van der Waals surface area contributed by atoms with Gasteiger partial charge in [0.15, 0.2) is 0 Å². The van der Waals surface area contributed by atoms with Crippen LogP contribution in [0, 0.1) is 0 Å². The summed E-state index contributed by atoms with van der Waals surface area (Å²) < 4.78 is 10.5. The molecule has 0 aliphatic carbocycles. The van der Waals surface area contributed by atoms with Crippen LogP contribution in [0.5, 0.6) is 0 Å². The zero-order valence-corrected chi connectivity index (χ0v) is 17.4. The number of anilines is 1. The minimum atomic E-state index is -0.675. The molecular weight excluding hydrogens is 420 g/mol. The third kappa shape index (κ3) is 6.03. The van der Waals surface area contributed by atoms with Crippen LogP contribution in [0.3, 0.4) is 0 Å². The van der Waals surface area contributed by atoms with Crippen LogP contribution in [-0.4, -0.2) is 67.5 Å². The van der Waals surface area contributed by atoms with Crippen LogP contribution in [0.1, 0.15) is 35.2 Å². The Morgan fingerprint density at radius 1 is 1.22 bits per heavy atom. The van der Waals surface area contributed by atoms with E-state index in [9.17, 15) is 19.2 Å². The van der Waals surface area contributed by atoms with Gasteiger partial charge in [-0.05, 0) is 35.7 Å². The molecule has 3 rings (SSSR count). The summed E-state index contributed by atoms with van der Waals surface area (Å²) in [7, 11) is 0. The highest BCUT2D eigenvalue weighted by molar-refractivity contribution is 6.05. The first-order chi connectivity index (χ1) is 15.5. The number of azide groups is 1. The monoisotopic (exact) mass is 444 g/mol. The number of hydrogen-bond donors (Lipinski definition) is 2. The van der Waals surface area contributed by atoms with Crippen molar-refractivity contribution in [1.82, 2.24) is 10.2 Å². The Bertz CT molecular complexity index is 945. The van der Waals surface area contributed by atoms with Gasteiger partial charge in [-0.25, -0.2) is 0 Å². The highest BCUT2D eigenvalue weighted by Crippen LogP contribution is 2.29. The number of piperidine rings is 1. The van der Waals surface area contributed by atoms with Gasteiger partial charge in [0.05, 0.1) is 32.8 Å². The molecule has 170 valence electrons. The van der Waals surface area contributed by atoms with Gasteiger partial charge in [0.1, 0.15) is 6.04 Å². The lowest BCUT2D eigenvalue weighted by Crippen LogP contribution is -2.52. The fourth-order valence-electron chi connectivity index (χ4n) is 3.51. The lowest BCUT2D eigenvalue weighted by Gasteiger charge is -2.29. The lowest BCUT2D eigenvalue weighted by atomic mass is 10.0. The van der Waals surface area contributed by atoms with E-state index in [0.29, 0.717) is 43.1 Å². The molecule has 0 aromatic heterocycles. The molecule has 1 saturated heterocycles. The zero-order valence-electron chi connectivity index (χ0n) is 17.4. The van der Waals surface area contributed by atoms with E-state index in [0.717, 1.165) is 0 Å². The summed E-state index contributed by atoms with van der Waals surface area (Å²) in [6, 6.07) is 4.31. The van der Waals surface area contributed by atoms with E-state index >= 15 is 0 Å². The predicted octanol–water partition coefficient (Wildman–Crippen LogP) is 1.12. The first kappa shape index (κ1) is 23.2. The molecule has 12 heteroatoms. The minimum absolute atomic E-state index is 0.150. The normalized spacial score (nSPS) is 17.6. The molecule has 2 heterocycles. The molecule has 32 heavy (non-hydrogen) atoms. The van der Waals surface area contributed by atoms with Gasteiger partial charge in [0, 0.05) is 35.7 Å². The maximum Gasteiger partial charge on any atom is 0.255 e. The summed E-state index contributed by atoms with van der Waals surface area (Å²) in [6.07, 6.45) is 0.645. The SMILES string of the molecule is [N-]=[N+]=NCCOCCOCCC(=O)Nc1ccc2c(c1)CN(C1CCC(=O)NC1=O)C2=O. The Hall–Kier alpha value is -3.47. The molecule has 2 N–H and O–H groups in total. The van der Waals surface area contributed by atoms with Crippen LogP contribution < -0.4 is 10.6 Å². The Labute approximate surface area is 183 Å². The van der Waals surface area contributed by atoms with Crippen LogP contribution in [0.2, 0.25) is 0 Å². The first-order valence-corrected chi connectivity index (χ1v) is 10.2. The number of nitrogens with zero attached hydrogens (tertiary/aromatic N) is 4. The van der Waals surface area contributed by atoms with E-state index in [2.05, 4.69) is 20.7 Å². The van der Waals surface area contributed by atoms with Gasteiger partial charge in [-0.1, -0.05) is 5.11 Å². The predicted molar refractivity (Wildman–Crippen MR) is 111 cm³/mol. The quantitative estimate of drug-likeness (QED) is 0.171. The molecule has 0 spiro atoms. The molecular formula is C20H24N6O6. The standard InChI is InChI=1S/C20H24N6O6/c21-25-22-6-8-32-10-9-31-7-5-18(28)23-14-1-2-15-13(11-14)12-26(20(15)30)16-3-4-17(27)24-19(16)29/h1-2,11,16H,3-10,12H2,(H,23,28)(H,24,27,29). The maximum atomic E-state index is 12.7. The van der Waals surface area contributed by atoms with Gasteiger partial charge in [0.25, 0.3) is 5.91 Å². The second-order valence-electron chi connectivity index (χ2n) is 7.25.